The van der Waals surface area contributed by atoms with E-state index in [1.807, 2.05) is 42.5 Å². The largest absolute Gasteiger partial charge is 0.497 e. The Morgan fingerprint density at radius 1 is 1.26 bits per heavy atom. The predicted octanol–water partition coefficient (Wildman–Crippen LogP) is 3.98. The van der Waals surface area contributed by atoms with E-state index in [0.717, 1.165) is 27.1 Å². The summed E-state index contributed by atoms with van der Waals surface area (Å²) in [6, 6.07) is 13.4. The number of carbonyl (C=O) groups is 1. The Balaban J connectivity index is 1.51. The van der Waals surface area contributed by atoms with Crippen LogP contribution in [0.3, 0.4) is 0 Å². The lowest BCUT2D eigenvalue weighted by molar-refractivity contribution is -0.116. The van der Waals surface area contributed by atoms with Gasteiger partial charge in [0.05, 0.1) is 23.5 Å². The number of hydrogen-bond acceptors (Lipinski definition) is 6. The molecule has 5 rings (SSSR count). The van der Waals surface area contributed by atoms with Crippen LogP contribution in [0.1, 0.15) is 23.5 Å². The van der Waals surface area contributed by atoms with Gasteiger partial charge in [0.25, 0.3) is 0 Å². The fourth-order valence-electron chi connectivity index (χ4n) is 3.69. The van der Waals surface area contributed by atoms with Crippen LogP contribution < -0.4 is 14.8 Å². The second kappa shape index (κ2) is 7.78. The van der Waals surface area contributed by atoms with Gasteiger partial charge in [-0.25, -0.2) is 4.98 Å². The Labute approximate surface area is 182 Å². The van der Waals surface area contributed by atoms with Gasteiger partial charge in [0.2, 0.25) is 11.0 Å². The fraction of sp³-hybridized carbons (Fsp3) is 0.174. The van der Waals surface area contributed by atoms with Crippen LogP contribution in [0.25, 0.3) is 15.3 Å². The minimum Gasteiger partial charge on any atom is -0.497 e. The van der Waals surface area contributed by atoms with E-state index in [4.69, 9.17) is 15.9 Å². The average Bonchev–Trinajstić information content (AvgIpc) is 3.40. The molecular weight excluding hydrogens is 412 g/mol. The van der Waals surface area contributed by atoms with E-state index >= 15 is 0 Å². The molecule has 1 aliphatic heterocycles. The van der Waals surface area contributed by atoms with Gasteiger partial charge in [-0.3, -0.25) is 4.79 Å². The maximum absolute atomic E-state index is 12.5. The van der Waals surface area contributed by atoms with Crippen molar-refractivity contribution in [2.75, 3.05) is 19.0 Å². The fourth-order valence-corrected chi connectivity index (χ4v) is 4.65. The molecule has 1 N–H and O–H groups in total. The third kappa shape index (κ3) is 3.49. The Morgan fingerprint density at radius 2 is 2.06 bits per heavy atom. The molecular formula is C23H18N4O3S. The number of anilines is 1. The molecule has 8 heteroatoms. The zero-order valence-electron chi connectivity index (χ0n) is 16.7. The first-order valence-corrected chi connectivity index (χ1v) is 10.5. The van der Waals surface area contributed by atoms with Crippen molar-refractivity contribution in [1.29, 1.82) is 0 Å². The molecule has 0 unspecified atom stereocenters. The molecule has 0 saturated carbocycles. The second-order valence-electron chi connectivity index (χ2n) is 7.06. The summed E-state index contributed by atoms with van der Waals surface area (Å²) in [6.07, 6.45) is 7.39. The van der Waals surface area contributed by atoms with Gasteiger partial charge < -0.3 is 14.8 Å². The van der Waals surface area contributed by atoms with Gasteiger partial charge in [-0.05, 0) is 35.9 Å². The molecule has 0 bridgehead atoms. The van der Waals surface area contributed by atoms with E-state index in [9.17, 15) is 4.79 Å². The van der Waals surface area contributed by atoms with Crippen molar-refractivity contribution < 1.29 is 14.3 Å². The summed E-state index contributed by atoms with van der Waals surface area (Å²) < 4.78 is 13.4. The molecule has 1 atom stereocenters. The molecule has 3 heterocycles. The molecule has 1 amide bonds. The van der Waals surface area contributed by atoms with Crippen LogP contribution in [-0.4, -0.2) is 34.4 Å². The minimum atomic E-state index is -0.103. The maximum atomic E-state index is 12.5. The number of thiazole rings is 1. The van der Waals surface area contributed by atoms with Crippen LogP contribution in [0.4, 0.5) is 5.82 Å². The molecule has 0 spiro atoms. The number of nitrogens with one attached hydrogen (secondary N) is 1. The monoisotopic (exact) mass is 430 g/mol. The van der Waals surface area contributed by atoms with E-state index in [1.54, 1.807) is 18.0 Å². The highest BCUT2D eigenvalue weighted by Gasteiger charge is 2.31. The van der Waals surface area contributed by atoms with Gasteiger partial charge in [-0.1, -0.05) is 29.4 Å². The van der Waals surface area contributed by atoms with Gasteiger partial charge in [0.1, 0.15) is 23.9 Å². The van der Waals surface area contributed by atoms with Crippen LogP contribution >= 0.6 is 11.3 Å². The normalized spacial score (nSPS) is 15.2. The number of benzene rings is 2. The number of hydrogen-bond donors (Lipinski definition) is 1. The predicted molar refractivity (Wildman–Crippen MR) is 119 cm³/mol. The highest BCUT2D eigenvalue weighted by atomic mass is 32.1. The van der Waals surface area contributed by atoms with E-state index < -0.39 is 0 Å². The summed E-state index contributed by atoms with van der Waals surface area (Å²) in [4.78, 5) is 17.2. The summed E-state index contributed by atoms with van der Waals surface area (Å²) in [7, 11) is 1.64. The topological polar surface area (TPSA) is 78.3 Å². The van der Waals surface area contributed by atoms with Crippen molar-refractivity contribution in [2.24, 2.45) is 0 Å². The van der Waals surface area contributed by atoms with Crippen molar-refractivity contribution in [3.63, 3.8) is 0 Å². The lowest BCUT2D eigenvalue weighted by Gasteiger charge is -2.23. The van der Waals surface area contributed by atoms with Gasteiger partial charge in [0.15, 0.2) is 0 Å². The molecule has 4 aromatic rings. The van der Waals surface area contributed by atoms with E-state index in [2.05, 4.69) is 21.3 Å². The molecule has 0 aliphatic carbocycles. The number of fused-ring (bicyclic) bond motifs is 2. The third-order valence-corrected chi connectivity index (χ3v) is 6.18. The maximum Gasteiger partial charge on any atom is 0.226 e. The van der Waals surface area contributed by atoms with Crippen LogP contribution in [0.5, 0.6) is 11.5 Å². The van der Waals surface area contributed by atoms with Crippen molar-refractivity contribution in [3.8, 4) is 29.0 Å². The number of nitrogens with zero attached hydrogens (tertiary/aromatic N) is 3. The molecule has 0 saturated heterocycles. The summed E-state index contributed by atoms with van der Waals surface area (Å²) >= 11 is 1.49. The van der Waals surface area contributed by atoms with Gasteiger partial charge in [-0.2, -0.15) is 9.78 Å². The molecule has 154 valence electrons. The van der Waals surface area contributed by atoms with E-state index in [0.29, 0.717) is 23.1 Å². The SMILES string of the molecule is C#CCOc1ccc([C@H]2CC(=O)Nc3c2cnn3-c2nc3ccc(OC)cc3s2)cc1. The summed E-state index contributed by atoms with van der Waals surface area (Å²) in [5.74, 6) is 4.41. The third-order valence-electron chi connectivity index (χ3n) is 5.19. The zero-order chi connectivity index (χ0) is 21.4. The van der Waals surface area contributed by atoms with E-state index in [1.165, 1.54) is 11.3 Å². The molecule has 2 aromatic carbocycles. The number of ether oxygens (including phenoxy) is 2. The number of amides is 1. The first kappa shape index (κ1) is 19.2. The number of rotatable bonds is 5. The Hall–Kier alpha value is -3.83. The first-order valence-electron chi connectivity index (χ1n) is 9.65. The smallest absolute Gasteiger partial charge is 0.226 e. The Bertz CT molecular complexity index is 1320. The average molecular weight is 430 g/mol. The Kier molecular flexibility index (Phi) is 4.81. The molecule has 0 radical (unpaired) electrons. The second-order valence-corrected chi connectivity index (χ2v) is 8.07. The Morgan fingerprint density at radius 3 is 2.84 bits per heavy atom. The van der Waals surface area contributed by atoms with Crippen molar-refractivity contribution in [2.45, 2.75) is 12.3 Å². The standard InChI is InChI=1S/C23H18N4O3S/c1-3-10-30-15-6-4-14(5-7-15)17-12-21(28)26-22-18(17)13-24-27(22)23-25-19-9-8-16(29-2)11-20(19)31-23/h1,4-9,11,13,17H,10,12H2,2H3,(H,26,28)/t17-/m1/s1. The van der Waals surface area contributed by atoms with Crippen LogP contribution in [0, 0.1) is 12.3 Å². The van der Waals surface area contributed by atoms with Gasteiger partial charge >= 0.3 is 0 Å². The number of methoxy groups -OCH3 is 1. The van der Waals surface area contributed by atoms with Gasteiger partial charge in [0, 0.05) is 17.9 Å². The van der Waals surface area contributed by atoms with Crippen molar-refractivity contribution in [1.82, 2.24) is 14.8 Å². The van der Waals surface area contributed by atoms with Crippen molar-refractivity contribution >= 4 is 33.3 Å². The number of terminal acetylenes is 1. The highest BCUT2D eigenvalue weighted by molar-refractivity contribution is 7.20. The summed E-state index contributed by atoms with van der Waals surface area (Å²) in [6.45, 7) is 0.218. The van der Waals surface area contributed by atoms with Crippen molar-refractivity contribution in [3.05, 3.63) is 59.8 Å². The van der Waals surface area contributed by atoms with Gasteiger partial charge in [-0.15, -0.1) is 6.42 Å². The molecule has 7 nitrogen and oxygen atoms in total. The molecule has 31 heavy (non-hydrogen) atoms. The molecule has 0 fully saturated rings. The molecule has 2 aromatic heterocycles. The lowest BCUT2D eigenvalue weighted by atomic mass is 9.87. The van der Waals surface area contributed by atoms with Crippen LogP contribution in [0.15, 0.2) is 48.7 Å². The highest BCUT2D eigenvalue weighted by Crippen LogP contribution is 2.39. The number of carbonyl (C=O) groups excluding carboxylic acids is 1. The quantitative estimate of drug-likeness (QED) is 0.485. The lowest BCUT2D eigenvalue weighted by Crippen LogP contribution is -2.24. The van der Waals surface area contributed by atoms with Crippen LogP contribution in [0.2, 0.25) is 0 Å². The van der Waals surface area contributed by atoms with Crippen LogP contribution in [-0.2, 0) is 4.79 Å². The summed E-state index contributed by atoms with van der Waals surface area (Å²) in [5, 5.41) is 8.20. The van der Waals surface area contributed by atoms with E-state index in [-0.39, 0.29) is 18.4 Å². The number of aromatic nitrogens is 3. The zero-order valence-corrected chi connectivity index (χ0v) is 17.5. The first-order chi connectivity index (χ1) is 15.2. The summed E-state index contributed by atoms with van der Waals surface area (Å²) in [5.41, 5.74) is 2.82. The molecule has 1 aliphatic rings. The minimum absolute atomic E-state index is 0.0605.